The Morgan fingerprint density at radius 2 is 2.28 bits per heavy atom. The fraction of sp³-hybridized carbons (Fsp3) is 0.583. The van der Waals surface area contributed by atoms with E-state index < -0.39 is 0 Å². The zero-order valence-electron chi connectivity index (χ0n) is 11.0. The molecule has 0 saturated heterocycles. The van der Waals surface area contributed by atoms with Crippen molar-refractivity contribution in [3.63, 3.8) is 0 Å². The molecule has 0 fully saturated rings. The minimum Gasteiger partial charge on any atom is -0.338 e. The van der Waals surface area contributed by atoms with Crippen LogP contribution in [0.1, 0.15) is 32.5 Å². The van der Waals surface area contributed by atoms with Crippen LogP contribution < -0.4 is 0 Å². The number of aromatic nitrogens is 4. The second-order valence-corrected chi connectivity index (χ2v) is 5.43. The summed E-state index contributed by atoms with van der Waals surface area (Å²) < 4.78 is 7.31. The Hall–Kier alpha value is -1.30. The summed E-state index contributed by atoms with van der Waals surface area (Å²) >= 11 is 1.62. The van der Waals surface area contributed by atoms with Crippen molar-refractivity contribution in [1.29, 1.82) is 0 Å². The molecule has 2 rings (SSSR count). The lowest BCUT2D eigenvalue weighted by molar-refractivity contribution is 0.382. The summed E-state index contributed by atoms with van der Waals surface area (Å²) in [6.45, 7) is 7.30. The van der Waals surface area contributed by atoms with Gasteiger partial charge in [0.1, 0.15) is 0 Å². The first-order chi connectivity index (χ1) is 8.69. The Morgan fingerprint density at radius 1 is 1.44 bits per heavy atom. The Balaban J connectivity index is 1.92. The van der Waals surface area contributed by atoms with Crippen LogP contribution in [0.2, 0.25) is 0 Å². The number of thioether (sulfide) groups is 1. The smallest absolute Gasteiger partial charge is 0.237 e. The van der Waals surface area contributed by atoms with Crippen molar-refractivity contribution in [2.45, 2.75) is 44.6 Å². The van der Waals surface area contributed by atoms with Gasteiger partial charge in [-0.3, -0.25) is 0 Å². The van der Waals surface area contributed by atoms with Crippen molar-refractivity contribution in [2.24, 2.45) is 5.92 Å². The molecule has 5 nitrogen and oxygen atoms in total. The van der Waals surface area contributed by atoms with E-state index in [0.717, 1.165) is 23.9 Å². The summed E-state index contributed by atoms with van der Waals surface area (Å²) in [4.78, 5) is 8.66. The Morgan fingerprint density at radius 3 is 3.00 bits per heavy atom. The van der Waals surface area contributed by atoms with Gasteiger partial charge in [0.15, 0.2) is 11.0 Å². The van der Waals surface area contributed by atoms with E-state index in [0.29, 0.717) is 17.6 Å². The van der Waals surface area contributed by atoms with Crippen molar-refractivity contribution >= 4 is 11.8 Å². The lowest BCUT2D eigenvalue weighted by Crippen LogP contribution is -1.96. The lowest BCUT2D eigenvalue weighted by Gasteiger charge is -2.01. The summed E-state index contributed by atoms with van der Waals surface area (Å²) in [5, 5.41) is 4.96. The summed E-state index contributed by atoms with van der Waals surface area (Å²) in [7, 11) is 0. The number of aryl methyl sites for hydroxylation is 1. The molecule has 0 unspecified atom stereocenters. The van der Waals surface area contributed by atoms with Crippen molar-refractivity contribution in [2.75, 3.05) is 0 Å². The third kappa shape index (κ3) is 3.35. The molecule has 98 valence electrons. The Bertz CT molecular complexity index is 492. The highest BCUT2D eigenvalue weighted by Crippen LogP contribution is 2.20. The van der Waals surface area contributed by atoms with E-state index in [9.17, 15) is 0 Å². The monoisotopic (exact) mass is 266 g/mol. The molecule has 2 heterocycles. The van der Waals surface area contributed by atoms with Gasteiger partial charge in [-0.1, -0.05) is 30.8 Å². The number of hydrogen-bond donors (Lipinski definition) is 0. The molecule has 0 amide bonds. The van der Waals surface area contributed by atoms with Gasteiger partial charge in [0.05, 0.1) is 5.75 Å². The number of rotatable bonds is 6. The van der Waals surface area contributed by atoms with Crippen molar-refractivity contribution in [1.82, 2.24) is 19.7 Å². The van der Waals surface area contributed by atoms with Crippen LogP contribution in [0, 0.1) is 5.92 Å². The van der Waals surface area contributed by atoms with Crippen molar-refractivity contribution in [3.8, 4) is 0 Å². The number of nitrogens with zero attached hydrogens (tertiary/aromatic N) is 4. The molecular weight excluding hydrogens is 248 g/mol. The maximum Gasteiger partial charge on any atom is 0.237 e. The molecule has 0 saturated carbocycles. The summed E-state index contributed by atoms with van der Waals surface area (Å²) in [5.74, 6) is 2.67. The van der Waals surface area contributed by atoms with Gasteiger partial charge in [0.25, 0.3) is 0 Å². The third-order valence-corrected chi connectivity index (χ3v) is 3.43. The zero-order valence-corrected chi connectivity index (χ0v) is 11.8. The van der Waals surface area contributed by atoms with Crippen LogP contribution in [0.3, 0.4) is 0 Å². The summed E-state index contributed by atoms with van der Waals surface area (Å²) in [6.07, 6.45) is 4.64. The fourth-order valence-electron chi connectivity index (χ4n) is 1.60. The molecule has 2 aromatic heterocycles. The highest BCUT2D eigenvalue weighted by molar-refractivity contribution is 7.98. The molecule has 0 atom stereocenters. The van der Waals surface area contributed by atoms with Crippen LogP contribution in [-0.4, -0.2) is 19.7 Å². The minimum atomic E-state index is 0.544. The predicted octanol–water partition coefficient (Wildman–Crippen LogP) is 2.78. The quantitative estimate of drug-likeness (QED) is 0.752. The molecule has 0 N–H and O–H groups in total. The van der Waals surface area contributed by atoms with Gasteiger partial charge in [-0.15, -0.1) is 0 Å². The molecule has 0 aliphatic rings. The zero-order chi connectivity index (χ0) is 13.0. The van der Waals surface area contributed by atoms with Gasteiger partial charge in [-0.25, -0.2) is 4.98 Å². The summed E-state index contributed by atoms with van der Waals surface area (Å²) in [5.41, 5.74) is 0. The molecule has 0 bridgehead atoms. The van der Waals surface area contributed by atoms with Gasteiger partial charge < -0.3 is 9.09 Å². The number of imidazole rings is 1. The largest absolute Gasteiger partial charge is 0.338 e. The van der Waals surface area contributed by atoms with E-state index in [-0.39, 0.29) is 0 Å². The van der Waals surface area contributed by atoms with Gasteiger partial charge in [-0.2, -0.15) is 4.98 Å². The van der Waals surface area contributed by atoms with Crippen LogP contribution in [0.4, 0.5) is 0 Å². The number of hydrogen-bond acceptors (Lipinski definition) is 5. The highest BCUT2D eigenvalue weighted by atomic mass is 32.2. The molecule has 18 heavy (non-hydrogen) atoms. The normalized spacial score (nSPS) is 11.3. The first kappa shape index (κ1) is 13.1. The van der Waals surface area contributed by atoms with Crippen LogP contribution in [-0.2, 0) is 18.7 Å². The standard InChI is InChI=1S/C12H18N4OS/c1-4-16-6-5-13-12(16)18-8-11-14-10(15-17-11)7-9(2)3/h5-6,9H,4,7-8H2,1-3H3. The Kier molecular flexibility index (Phi) is 4.41. The molecular formula is C12H18N4OS. The second-order valence-electron chi connectivity index (χ2n) is 4.49. The van der Waals surface area contributed by atoms with Gasteiger partial charge in [0.2, 0.25) is 5.89 Å². The average molecular weight is 266 g/mol. The SMILES string of the molecule is CCn1ccnc1SCc1nc(CC(C)C)no1. The van der Waals surface area contributed by atoms with E-state index >= 15 is 0 Å². The lowest BCUT2D eigenvalue weighted by atomic mass is 10.1. The topological polar surface area (TPSA) is 56.7 Å². The van der Waals surface area contributed by atoms with Crippen molar-refractivity contribution in [3.05, 3.63) is 24.1 Å². The van der Waals surface area contributed by atoms with E-state index in [4.69, 9.17) is 4.52 Å². The highest BCUT2D eigenvalue weighted by Gasteiger charge is 2.10. The average Bonchev–Trinajstić information content (AvgIpc) is 2.93. The van der Waals surface area contributed by atoms with Crippen molar-refractivity contribution < 1.29 is 4.52 Å². The van der Waals surface area contributed by atoms with Crippen LogP contribution in [0.25, 0.3) is 0 Å². The maximum atomic E-state index is 5.22. The van der Waals surface area contributed by atoms with Gasteiger partial charge in [-0.05, 0) is 12.8 Å². The van der Waals surface area contributed by atoms with Crippen LogP contribution in [0.5, 0.6) is 0 Å². The van der Waals surface area contributed by atoms with E-state index in [1.54, 1.807) is 11.8 Å². The van der Waals surface area contributed by atoms with Crippen LogP contribution in [0.15, 0.2) is 22.1 Å². The minimum absolute atomic E-state index is 0.544. The second kappa shape index (κ2) is 6.04. The van der Waals surface area contributed by atoms with Gasteiger partial charge >= 0.3 is 0 Å². The maximum absolute atomic E-state index is 5.22. The molecule has 2 aromatic rings. The van der Waals surface area contributed by atoms with Crippen LogP contribution >= 0.6 is 11.8 Å². The van der Waals surface area contributed by atoms with E-state index in [2.05, 4.69) is 40.5 Å². The molecule has 0 aromatic carbocycles. The van der Waals surface area contributed by atoms with Gasteiger partial charge in [0, 0.05) is 25.4 Å². The molecule has 0 radical (unpaired) electrons. The molecule has 0 aliphatic heterocycles. The van der Waals surface area contributed by atoms with E-state index in [1.807, 2.05) is 12.4 Å². The third-order valence-electron chi connectivity index (χ3n) is 2.44. The fourth-order valence-corrected chi connectivity index (χ4v) is 2.46. The molecule has 0 spiro atoms. The van der Waals surface area contributed by atoms with E-state index in [1.165, 1.54) is 0 Å². The Labute approximate surface area is 111 Å². The predicted molar refractivity (Wildman–Crippen MR) is 70.3 cm³/mol. The first-order valence-corrected chi connectivity index (χ1v) is 7.13. The molecule has 0 aliphatic carbocycles. The summed E-state index contributed by atoms with van der Waals surface area (Å²) in [6, 6.07) is 0. The first-order valence-electron chi connectivity index (χ1n) is 6.14. The molecule has 6 heteroatoms.